The number of ether oxygens (including phenoxy) is 2. The number of fused-ring (bicyclic) bond motifs is 1. The molecule has 2 atom stereocenters. The Bertz CT molecular complexity index is 795. The molecule has 0 saturated carbocycles. The van der Waals surface area contributed by atoms with Gasteiger partial charge < -0.3 is 24.7 Å². The zero-order valence-corrected chi connectivity index (χ0v) is 16.3. The lowest BCUT2D eigenvalue weighted by molar-refractivity contribution is -0.0816. The van der Waals surface area contributed by atoms with Gasteiger partial charge in [-0.15, -0.1) is 0 Å². The van der Waals surface area contributed by atoms with Crippen LogP contribution in [0.2, 0.25) is 0 Å². The number of guanidine groups is 1. The summed E-state index contributed by atoms with van der Waals surface area (Å²) in [7, 11) is 1.86. The lowest BCUT2D eigenvalue weighted by atomic mass is 10.1. The van der Waals surface area contributed by atoms with Gasteiger partial charge in [0.05, 0.1) is 12.7 Å². The van der Waals surface area contributed by atoms with E-state index in [1.807, 2.05) is 7.05 Å². The maximum absolute atomic E-state index is 5.96. The molecule has 2 aromatic rings. The Kier molecular flexibility index (Phi) is 5.64. The second kappa shape index (κ2) is 8.31. The van der Waals surface area contributed by atoms with Gasteiger partial charge in [0.2, 0.25) is 0 Å². The van der Waals surface area contributed by atoms with Crippen molar-refractivity contribution in [3.8, 4) is 0 Å². The van der Waals surface area contributed by atoms with Crippen molar-refractivity contribution >= 4 is 16.9 Å². The Morgan fingerprint density at radius 1 is 1.30 bits per heavy atom. The van der Waals surface area contributed by atoms with Gasteiger partial charge in [-0.3, -0.25) is 4.99 Å². The molecule has 3 heterocycles. The third kappa shape index (κ3) is 3.96. The molecule has 0 bridgehead atoms. The van der Waals surface area contributed by atoms with Crippen LogP contribution in [-0.4, -0.2) is 67.9 Å². The molecule has 0 aliphatic carbocycles. The summed E-state index contributed by atoms with van der Waals surface area (Å²) in [6, 6.07) is 6.46. The van der Waals surface area contributed by atoms with E-state index in [1.54, 1.807) is 0 Å². The smallest absolute Gasteiger partial charge is 0.193 e. The molecule has 4 rings (SSSR count). The van der Waals surface area contributed by atoms with Crippen molar-refractivity contribution in [1.29, 1.82) is 0 Å². The molecule has 2 N–H and O–H groups in total. The highest BCUT2D eigenvalue weighted by atomic mass is 16.5. The number of aryl methyl sites for hydroxylation is 1. The summed E-state index contributed by atoms with van der Waals surface area (Å²) < 4.78 is 11.8. The number of para-hydroxylation sites is 1. The van der Waals surface area contributed by atoms with Gasteiger partial charge in [-0.2, -0.15) is 0 Å². The Morgan fingerprint density at radius 3 is 3.00 bits per heavy atom. The molecular formula is C21H30N4O2. The second-order valence-electron chi connectivity index (χ2n) is 7.44. The number of aromatic amines is 1. The number of morpholine rings is 1. The number of rotatable bonds is 4. The average molecular weight is 370 g/mol. The Morgan fingerprint density at radius 2 is 2.19 bits per heavy atom. The molecule has 2 fully saturated rings. The van der Waals surface area contributed by atoms with Crippen LogP contribution in [0, 0.1) is 6.92 Å². The standard InChI is InChI=1S/C21H30N4O2/c1-15-5-3-6-17-16(13-24-20(15)17)8-9-23-21(22-2)25-10-12-27-19(14-25)18-7-4-11-26-18/h3,5-6,13,18-19,24H,4,7-12,14H2,1-2H3,(H,22,23). The van der Waals surface area contributed by atoms with Gasteiger partial charge >= 0.3 is 0 Å². The fourth-order valence-corrected chi connectivity index (χ4v) is 4.20. The van der Waals surface area contributed by atoms with E-state index in [0.717, 1.165) is 58.1 Å². The third-order valence-electron chi connectivity index (χ3n) is 5.67. The third-order valence-corrected chi connectivity index (χ3v) is 5.67. The van der Waals surface area contributed by atoms with Crippen LogP contribution in [0.25, 0.3) is 10.9 Å². The van der Waals surface area contributed by atoms with E-state index in [9.17, 15) is 0 Å². The van der Waals surface area contributed by atoms with Crippen molar-refractivity contribution in [3.05, 3.63) is 35.5 Å². The second-order valence-corrected chi connectivity index (χ2v) is 7.44. The van der Waals surface area contributed by atoms with Gasteiger partial charge in [-0.25, -0.2) is 0 Å². The van der Waals surface area contributed by atoms with Gasteiger partial charge in [0.25, 0.3) is 0 Å². The van der Waals surface area contributed by atoms with Crippen molar-refractivity contribution in [2.75, 3.05) is 39.9 Å². The van der Waals surface area contributed by atoms with Crippen molar-refractivity contribution in [1.82, 2.24) is 15.2 Å². The highest BCUT2D eigenvalue weighted by Crippen LogP contribution is 2.22. The molecule has 0 amide bonds. The molecule has 27 heavy (non-hydrogen) atoms. The largest absolute Gasteiger partial charge is 0.375 e. The van der Waals surface area contributed by atoms with Crippen LogP contribution in [-0.2, 0) is 15.9 Å². The summed E-state index contributed by atoms with van der Waals surface area (Å²) in [4.78, 5) is 10.2. The van der Waals surface area contributed by atoms with Gasteiger partial charge in [-0.1, -0.05) is 18.2 Å². The zero-order chi connectivity index (χ0) is 18.6. The van der Waals surface area contributed by atoms with Crippen LogP contribution >= 0.6 is 0 Å². The number of nitrogens with zero attached hydrogens (tertiary/aromatic N) is 2. The molecule has 2 unspecified atom stereocenters. The highest BCUT2D eigenvalue weighted by molar-refractivity contribution is 5.86. The minimum atomic E-state index is 0.149. The Labute approximate surface area is 160 Å². The van der Waals surface area contributed by atoms with Crippen LogP contribution in [0.4, 0.5) is 0 Å². The van der Waals surface area contributed by atoms with Gasteiger partial charge in [0, 0.05) is 50.4 Å². The number of nitrogens with one attached hydrogen (secondary N) is 2. The fraction of sp³-hybridized carbons (Fsp3) is 0.571. The number of aromatic nitrogens is 1. The lowest BCUT2D eigenvalue weighted by Gasteiger charge is -2.37. The number of hydrogen-bond donors (Lipinski definition) is 2. The molecule has 2 aliphatic heterocycles. The Balaban J connectivity index is 1.34. The topological polar surface area (TPSA) is 61.9 Å². The fourth-order valence-electron chi connectivity index (χ4n) is 4.20. The Hall–Kier alpha value is -2.05. The summed E-state index contributed by atoms with van der Waals surface area (Å²) in [6.45, 7) is 6.31. The first kappa shape index (κ1) is 18.3. The van der Waals surface area contributed by atoms with Crippen molar-refractivity contribution < 1.29 is 9.47 Å². The van der Waals surface area contributed by atoms with E-state index in [0.29, 0.717) is 0 Å². The quantitative estimate of drug-likeness (QED) is 0.641. The number of aliphatic imine (C=N–C) groups is 1. The summed E-state index contributed by atoms with van der Waals surface area (Å²) in [5, 5.41) is 4.85. The van der Waals surface area contributed by atoms with E-state index in [4.69, 9.17) is 9.47 Å². The van der Waals surface area contributed by atoms with Gasteiger partial charge in [0.1, 0.15) is 6.10 Å². The van der Waals surface area contributed by atoms with E-state index in [-0.39, 0.29) is 12.2 Å². The minimum absolute atomic E-state index is 0.149. The molecule has 6 nitrogen and oxygen atoms in total. The first-order valence-electron chi connectivity index (χ1n) is 10.0. The van der Waals surface area contributed by atoms with E-state index < -0.39 is 0 Å². The highest BCUT2D eigenvalue weighted by Gasteiger charge is 2.32. The molecular weight excluding hydrogens is 340 g/mol. The zero-order valence-electron chi connectivity index (χ0n) is 16.3. The molecule has 0 spiro atoms. The van der Waals surface area contributed by atoms with Gasteiger partial charge in [0.15, 0.2) is 5.96 Å². The first-order valence-corrected chi connectivity index (χ1v) is 10.0. The van der Waals surface area contributed by atoms with Crippen molar-refractivity contribution in [3.63, 3.8) is 0 Å². The lowest BCUT2D eigenvalue weighted by Crippen LogP contribution is -2.53. The summed E-state index contributed by atoms with van der Waals surface area (Å²) >= 11 is 0. The maximum Gasteiger partial charge on any atom is 0.193 e. The van der Waals surface area contributed by atoms with Crippen LogP contribution in [0.5, 0.6) is 0 Å². The van der Waals surface area contributed by atoms with E-state index in [2.05, 4.69) is 51.5 Å². The summed E-state index contributed by atoms with van der Waals surface area (Å²) in [5.74, 6) is 0.956. The predicted molar refractivity (Wildman–Crippen MR) is 108 cm³/mol. The molecule has 1 aromatic carbocycles. The molecule has 1 aromatic heterocycles. The van der Waals surface area contributed by atoms with Crippen LogP contribution in [0.1, 0.15) is 24.0 Å². The molecule has 146 valence electrons. The van der Waals surface area contributed by atoms with E-state index >= 15 is 0 Å². The number of benzene rings is 1. The predicted octanol–water partition coefficient (Wildman–Crippen LogP) is 2.47. The van der Waals surface area contributed by atoms with Crippen LogP contribution in [0.15, 0.2) is 29.4 Å². The minimum Gasteiger partial charge on any atom is -0.375 e. The average Bonchev–Trinajstić information content (AvgIpc) is 3.36. The monoisotopic (exact) mass is 370 g/mol. The molecule has 0 radical (unpaired) electrons. The van der Waals surface area contributed by atoms with E-state index in [1.165, 1.54) is 22.0 Å². The maximum atomic E-state index is 5.96. The normalized spacial score (nSPS) is 23.9. The summed E-state index contributed by atoms with van der Waals surface area (Å²) in [5.41, 5.74) is 3.87. The first-order chi connectivity index (χ1) is 13.3. The number of hydrogen-bond acceptors (Lipinski definition) is 3. The number of H-pyrrole nitrogens is 1. The van der Waals surface area contributed by atoms with Crippen molar-refractivity contribution in [2.45, 2.75) is 38.4 Å². The SMILES string of the molecule is CN=C(NCCc1c[nH]c2c(C)cccc12)N1CCOC(C2CCCO2)C1. The van der Waals surface area contributed by atoms with Crippen molar-refractivity contribution in [2.24, 2.45) is 4.99 Å². The van der Waals surface area contributed by atoms with Crippen LogP contribution < -0.4 is 5.32 Å². The van der Waals surface area contributed by atoms with Gasteiger partial charge in [-0.05, 0) is 37.3 Å². The molecule has 2 aliphatic rings. The molecule has 2 saturated heterocycles. The van der Waals surface area contributed by atoms with Crippen LogP contribution in [0.3, 0.4) is 0 Å². The molecule has 6 heteroatoms. The summed E-state index contributed by atoms with van der Waals surface area (Å²) in [6.07, 6.45) is 5.72.